The van der Waals surface area contributed by atoms with Gasteiger partial charge in [0, 0.05) is 24.5 Å². The number of benzene rings is 2. The second-order valence-corrected chi connectivity index (χ2v) is 9.10. The van der Waals surface area contributed by atoms with Crippen LogP contribution in [0.5, 0.6) is 5.75 Å². The third-order valence-corrected chi connectivity index (χ3v) is 6.55. The fraction of sp³-hybridized carbons (Fsp3) is 0.222. The van der Waals surface area contributed by atoms with E-state index in [1.165, 1.54) is 4.90 Å². The highest BCUT2D eigenvalue weighted by Gasteiger charge is 2.46. The Morgan fingerprint density at radius 1 is 1.06 bits per heavy atom. The van der Waals surface area contributed by atoms with Gasteiger partial charge < -0.3 is 14.7 Å². The van der Waals surface area contributed by atoms with Crippen molar-refractivity contribution in [3.63, 3.8) is 0 Å². The van der Waals surface area contributed by atoms with Gasteiger partial charge in [0.25, 0.3) is 11.7 Å². The van der Waals surface area contributed by atoms with E-state index in [0.29, 0.717) is 28.5 Å². The summed E-state index contributed by atoms with van der Waals surface area (Å²) in [6, 6.07) is 12.8. The van der Waals surface area contributed by atoms with Crippen molar-refractivity contribution in [3.05, 3.63) is 98.8 Å². The lowest BCUT2D eigenvalue weighted by Crippen LogP contribution is -2.29. The number of carbonyl (C=O) groups is 2. The lowest BCUT2D eigenvalue weighted by atomic mass is 9.94. The van der Waals surface area contributed by atoms with Crippen LogP contribution in [-0.2, 0) is 16.1 Å². The number of amides is 1. The molecule has 0 bridgehead atoms. The van der Waals surface area contributed by atoms with Crippen molar-refractivity contribution in [2.75, 3.05) is 6.61 Å². The monoisotopic (exact) mass is 510 g/mol. The van der Waals surface area contributed by atoms with Gasteiger partial charge in [0.15, 0.2) is 0 Å². The van der Waals surface area contributed by atoms with E-state index >= 15 is 0 Å². The first-order chi connectivity index (χ1) is 16.8. The van der Waals surface area contributed by atoms with Crippen LogP contribution in [0.1, 0.15) is 41.6 Å². The van der Waals surface area contributed by atoms with E-state index in [1.54, 1.807) is 60.9 Å². The Morgan fingerprint density at radius 2 is 1.80 bits per heavy atom. The average Bonchev–Trinajstić information content (AvgIpc) is 3.10. The fourth-order valence-electron chi connectivity index (χ4n) is 4.08. The van der Waals surface area contributed by atoms with Gasteiger partial charge >= 0.3 is 0 Å². The molecule has 2 aromatic carbocycles. The molecule has 0 saturated carbocycles. The summed E-state index contributed by atoms with van der Waals surface area (Å²) in [5.41, 5.74) is 2.57. The summed E-state index contributed by atoms with van der Waals surface area (Å²) in [4.78, 5) is 31.8. The Bertz CT molecular complexity index is 1310. The number of aromatic nitrogens is 1. The van der Waals surface area contributed by atoms with Crippen LogP contribution in [0.3, 0.4) is 0 Å². The van der Waals surface area contributed by atoms with E-state index < -0.39 is 17.7 Å². The van der Waals surface area contributed by atoms with Crippen molar-refractivity contribution >= 4 is 40.7 Å². The van der Waals surface area contributed by atoms with Gasteiger partial charge in [-0.05, 0) is 72.5 Å². The van der Waals surface area contributed by atoms with Gasteiger partial charge in [0.05, 0.1) is 28.3 Å². The number of rotatable bonds is 7. The minimum absolute atomic E-state index is 0.0101. The highest BCUT2D eigenvalue weighted by Crippen LogP contribution is 2.42. The molecule has 2 heterocycles. The Kier molecular flexibility index (Phi) is 7.43. The molecular weight excluding hydrogens is 487 g/mol. The number of pyridine rings is 1. The maximum absolute atomic E-state index is 13.2. The molecule has 1 aromatic heterocycles. The van der Waals surface area contributed by atoms with Crippen LogP contribution in [0.2, 0.25) is 10.0 Å². The van der Waals surface area contributed by atoms with Crippen LogP contribution in [0.4, 0.5) is 0 Å². The number of carbonyl (C=O) groups excluding carboxylic acids is 2. The van der Waals surface area contributed by atoms with Crippen molar-refractivity contribution in [3.8, 4) is 5.75 Å². The summed E-state index contributed by atoms with van der Waals surface area (Å²) in [5, 5.41) is 11.9. The van der Waals surface area contributed by atoms with Crippen LogP contribution >= 0.6 is 23.2 Å². The molecule has 6 nitrogen and oxygen atoms in total. The topological polar surface area (TPSA) is 79.7 Å². The highest BCUT2D eigenvalue weighted by molar-refractivity contribution is 6.46. The third-order valence-electron chi connectivity index (χ3n) is 5.81. The summed E-state index contributed by atoms with van der Waals surface area (Å²) in [7, 11) is 0. The van der Waals surface area contributed by atoms with E-state index in [9.17, 15) is 14.7 Å². The maximum Gasteiger partial charge on any atom is 0.295 e. The average molecular weight is 511 g/mol. The van der Waals surface area contributed by atoms with Gasteiger partial charge in [-0.15, -0.1) is 0 Å². The van der Waals surface area contributed by atoms with E-state index in [2.05, 4.69) is 4.98 Å². The minimum Gasteiger partial charge on any atom is -0.507 e. The van der Waals surface area contributed by atoms with E-state index in [0.717, 1.165) is 17.5 Å². The van der Waals surface area contributed by atoms with E-state index in [-0.39, 0.29) is 22.9 Å². The second kappa shape index (κ2) is 10.5. The standard InChI is InChI=1S/C27H24Cl2N2O4/c1-3-12-35-22-7-5-19(13-16(22)2)25(32)23-24(18-4-6-20(28)21(29)14-18)31(27(34)26(23)33)15-17-8-10-30-11-9-17/h4-11,13-14,24,32H,3,12,15H2,1-2H3/b25-23-. The van der Waals surface area contributed by atoms with Crippen LogP contribution in [-0.4, -0.2) is 33.3 Å². The van der Waals surface area contributed by atoms with Crippen molar-refractivity contribution < 1.29 is 19.4 Å². The second-order valence-electron chi connectivity index (χ2n) is 8.28. The normalized spacial score (nSPS) is 17.1. The van der Waals surface area contributed by atoms with Gasteiger partial charge in [-0.3, -0.25) is 14.6 Å². The van der Waals surface area contributed by atoms with Crippen LogP contribution in [0.15, 0.2) is 66.5 Å². The predicted molar refractivity (Wildman–Crippen MR) is 136 cm³/mol. The largest absolute Gasteiger partial charge is 0.507 e. The summed E-state index contributed by atoms with van der Waals surface area (Å²) >= 11 is 12.4. The summed E-state index contributed by atoms with van der Waals surface area (Å²) in [6.07, 6.45) is 4.10. The fourth-order valence-corrected chi connectivity index (χ4v) is 4.39. The maximum atomic E-state index is 13.2. The predicted octanol–water partition coefficient (Wildman–Crippen LogP) is 6.11. The molecular formula is C27H24Cl2N2O4. The molecule has 3 aromatic rings. The Morgan fingerprint density at radius 3 is 2.46 bits per heavy atom. The number of hydrogen-bond donors (Lipinski definition) is 1. The summed E-state index contributed by atoms with van der Waals surface area (Å²) in [5.74, 6) is -1.04. The van der Waals surface area contributed by atoms with Crippen molar-refractivity contribution in [2.24, 2.45) is 0 Å². The zero-order valence-corrected chi connectivity index (χ0v) is 20.8. The first-order valence-corrected chi connectivity index (χ1v) is 11.9. The number of aryl methyl sites for hydroxylation is 1. The first kappa shape index (κ1) is 24.8. The molecule has 1 aliphatic rings. The quantitative estimate of drug-likeness (QED) is 0.235. The molecule has 1 amide bonds. The number of halogens is 2. The van der Waals surface area contributed by atoms with Gasteiger partial charge in [-0.2, -0.15) is 0 Å². The molecule has 1 N–H and O–H groups in total. The molecule has 1 unspecified atom stereocenters. The van der Waals surface area contributed by atoms with Crippen molar-refractivity contribution in [1.82, 2.24) is 9.88 Å². The van der Waals surface area contributed by atoms with Crippen molar-refractivity contribution in [2.45, 2.75) is 32.9 Å². The van der Waals surface area contributed by atoms with E-state index in [4.69, 9.17) is 27.9 Å². The van der Waals surface area contributed by atoms with E-state index in [1.807, 2.05) is 13.8 Å². The minimum atomic E-state index is -0.853. The zero-order valence-electron chi connectivity index (χ0n) is 19.3. The molecule has 0 spiro atoms. The smallest absolute Gasteiger partial charge is 0.295 e. The summed E-state index contributed by atoms with van der Waals surface area (Å²) in [6.45, 7) is 4.60. The number of likely N-dealkylation sites (tertiary alicyclic amines) is 1. The summed E-state index contributed by atoms with van der Waals surface area (Å²) < 4.78 is 5.72. The molecule has 1 saturated heterocycles. The molecule has 0 aliphatic carbocycles. The Balaban J connectivity index is 1.83. The molecule has 4 rings (SSSR count). The molecule has 0 radical (unpaired) electrons. The number of hydrogen-bond acceptors (Lipinski definition) is 5. The van der Waals surface area contributed by atoms with Crippen molar-refractivity contribution in [1.29, 1.82) is 0 Å². The first-order valence-electron chi connectivity index (χ1n) is 11.2. The molecule has 180 valence electrons. The van der Waals surface area contributed by atoms with Gasteiger partial charge in [0.2, 0.25) is 0 Å². The molecule has 8 heteroatoms. The third kappa shape index (κ3) is 5.04. The molecule has 1 atom stereocenters. The van der Waals surface area contributed by atoms with Gasteiger partial charge in [-0.25, -0.2) is 0 Å². The Labute approximate surface area is 213 Å². The number of ketones is 1. The zero-order chi connectivity index (χ0) is 25.1. The van der Waals surface area contributed by atoms with Gasteiger partial charge in [-0.1, -0.05) is 36.2 Å². The van der Waals surface area contributed by atoms with Gasteiger partial charge in [0.1, 0.15) is 11.5 Å². The lowest BCUT2D eigenvalue weighted by Gasteiger charge is -2.25. The van der Waals surface area contributed by atoms with Crippen LogP contribution < -0.4 is 4.74 Å². The van der Waals surface area contributed by atoms with Crippen LogP contribution in [0.25, 0.3) is 5.76 Å². The number of aliphatic hydroxyl groups excluding tert-OH is 1. The molecule has 35 heavy (non-hydrogen) atoms. The molecule has 1 aliphatic heterocycles. The SMILES string of the molecule is CCCOc1ccc(/C(O)=C2/C(=O)C(=O)N(Cc3ccncc3)C2c2ccc(Cl)c(Cl)c2)cc1C. The number of aliphatic hydroxyl groups is 1. The Hall–Kier alpha value is -3.35. The number of ether oxygens (including phenoxy) is 1. The number of Topliss-reactive ketones (excluding diaryl/α,β-unsaturated/α-hetero) is 1. The van der Waals surface area contributed by atoms with Crippen LogP contribution in [0, 0.1) is 6.92 Å². The lowest BCUT2D eigenvalue weighted by molar-refractivity contribution is -0.140. The highest BCUT2D eigenvalue weighted by atomic mass is 35.5. The molecule has 1 fully saturated rings. The number of nitrogens with zero attached hydrogens (tertiary/aromatic N) is 2.